The predicted molar refractivity (Wildman–Crippen MR) is 103 cm³/mol. The van der Waals surface area contributed by atoms with Crippen LogP contribution >= 0.6 is 0 Å². The fourth-order valence-electron chi connectivity index (χ4n) is 3.63. The highest BCUT2D eigenvalue weighted by Crippen LogP contribution is 2.41. The lowest BCUT2D eigenvalue weighted by molar-refractivity contribution is -0.116. The third kappa shape index (κ3) is 4.13. The van der Waals surface area contributed by atoms with E-state index in [0.29, 0.717) is 31.9 Å². The van der Waals surface area contributed by atoms with Crippen molar-refractivity contribution in [2.45, 2.75) is 46.1 Å². The standard InChI is InChI=1S/C19H29N5O4/c1-14(25)21(5)15-10-20-24(11-15)16(26)22-8-6-19(7-9-22)12-23(13-19)17(27)28-18(2,3)4/h10-11H,6-9,12-13H2,1-5H3. The zero-order valence-corrected chi connectivity index (χ0v) is 17.3. The zero-order valence-electron chi connectivity index (χ0n) is 17.3. The summed E-state index contributed by atoms with van der Waals surface area (Å²) in [6, 6.07) is -0.193. The number of amides is 3. The number of ether oxygens (including phenoxy) is 1. The normalized spacial score (nSPS) is 18.6. The number of carbonyl (C=O) groups is 3. The molecule has 2 aliphatic heterocycles. The van der Waals surface area contributed by atoms with E-state index in [1.807, 2.05) is 20.8 Å². The lowest BCUT2D eigenvalue weighted by Gasteiger charge is -2.53. The third-order valence-electron chi connectivity index (χ3n) is 5.42. The zero-order chi connectivity index (χ0) is 20.7. The van der Waals surface area contributed by atoms with Crippen LogP contribution in [0.15, 0.2) is 12.4 Å². The van der Waals surface area contributed by atoms with E-state index in [4.69, 9.17) is 4.74 Å². The largest absolute Gasteiger partial charge is 0.444 e. The second-order valence-electron chi connectivity index (χ2n) is 8.83. The van der Waals surface area contributed by atoms with Gasteiger partial charge in [-0.1, -0.05) is 0 Å². The first kappa shape index (κ1) is 20.2. The van der Waals surface area contributed by atoms with Crippen molar-refractivity contribution in [2.75, 3.05) is 38.1 Å². The van der Waals surface area contributed by atoms with Crippen molar-refractivity contribution < 1.29 is 19.1 Å². The van der Waals surface area contributed by atoms with Gasteiger partial charge in [-0.3, -0.25) is 4.79 Å². The van der Waals surface area contributed by atoms with E-state index < -0.39 is 5.60 Å². The Bertz CT molecular complexity index is 766. The summed E-state index contributed by atoms with van der Waals surface area (Å²) in [5.74, 6) is -0.119. The summed E-state index contributed by atoms with van der Waals surface area (Å²) in [7, 11) is 1.64. The molecule has 0 aliphatic carbocycles. The first-order valence-corrected chi connectivity index (χ1v) is 9.56. The molecule has 3 heterocycles. The molecule has 1 spiro atoms. The molecule has 9 heteroatoms. The Morgan fingerprint density at radius 1 is 1.14 bits per heavy atom. The molecule has 154 valence electrons. The van der Waals surface area contributed by atoms with Crippen LogP contribution in [0.2, 0.25) is 0 Å². The molecule has 0 atom stereocenters. The molecular weight excluding hydrogens is 362 g/mol. The average molecular weight is 391 g/mol. The van der Waals surface area contributed by atoms with Crippen LogP contribution in [-0.2, 0) is 9.53 Å². The molecule has 1 aromatic rings. The summed E-state index contributed by atoms with van der Waals surface area (Å²) in [4.78, 5) is 41.2. The summed E-state index contributed by atoms with van der Waals surface area (Å²) in [6.07, 6.45) is 4.51. The van der Waals surface area contributed by atoms with E-state index in [1.54, 1.807) is 23.0 Å². The maximum atomic E-state index is 12.7. The molecular formula is C19H29N5O4. The van der Waals surface area contributed by atoms with Gasteiger partial charge in [0.2, 0.25) is 5.91 Å². The molecule has 0 N–H and O–H groups in total. The van der Waals surface area contributed by atoms with E-state index in [1.165, 1.54) is 22.7 Å². The van der Waals surface area contributed by atoms with Gasteiger partial charge in [0, 0.05) is 45.6 Å². The average Bonchev–Trinajstić information content (AvgIpc) is 3.06. The van der Waals surface area contributed by atoms with E-state index in [9.17, 15) is 14.4 Å². The van der Waals surface area contributed by atoms with Crippen molar-refractivity contribution >= 4 is 23.7 Å². The summed E-state index contributed by atoms with van der Waals surface area (Å²) in [6.45, 7) is 9.65. The summed E-state index contributed by atoms with van der Waals surface area (Å²) in [5.41, 5.74) is 0.174. The molecule has 0 unspecified atom stereocenters. The number of carbonyl (C=O) groups excluding carboxylic acids is 3. The smallest absolute Gasteiger partial charge is 0.410 e. The molecule has 0 aromatic carbocycles. The van der Waals surface area contributed by atoms with E-state index in [-0.39, 0.29) is 23.4 Å². The molecule has 1 aromatic heterocycles. The SMILES string of the molecule is CC(=O)N(C)c1cnn(C(=O)N2CCC3(CC2)CN(C(=O)OC(C)(C)C)C3)c1. The lowest BCUT2D eigenvalue weighted by atomic mass is 9.72. The molecule has 0 saturated carbocycles. The number of rotatable bonds is 1. The first-order valence-electron chi connectivity index (χ1n) is 9.56. The maximum Gasteiger partial charge on any atom is 0.410 e. The topological polar surface area (TPSA) is 88.0 Å². The van der Waals surface area contributed by atoms with Crippen LogP contribution < -0.4 is 4.90 Å². The Hall–Kier alpha value is -2.58. The van der Waals surface area contributed by atoms with Gasteiger partial charge < -0.3 is 19.4 Å². The summed E-state index contributed by atoms with van der Waals surface area (Å²) >= 11 is 0. The molecule has 3 rings (SSSR count). The van der Waals surface area contributed by atoms with Crippen molar-refractivity contribution in [3.05, 3.63) is 12.4 Å². The Morgan fingerprint density at radius 3 is 2.29 bits per heavy atom. The molecule has 2 saturated heterocycles. The fourth-order valence-corrected chi connectivity index (χ4v) is 3.63. The molecule has 3 amide bonds. The number of likely N-dealkylation sites (tertiary alicyclic amines) is 2. The monoisotopic (exact) mass is 391 g/mol. The van der Waals surface area contributed by atoms with Gasteiger partial charge in [0.05, 0.1) is 18.1 Å². The second kappa shape index (κ2) is 7.10. The highest BCUT2D eigenvalue weighted by Gasteiger charge is 2.48. The van der Waals surface area contributed by atoms with Crippen LogP contribution in [0.5, 0.6) is 0 Å². The van der Waals surface area contributed by atoms with Gasteiger partial charge in [-0.05, 0) is 33.6 Å². The predicted octanol–water partition coefficient (Wildman–Crippen LogP) is 2.17. The van der Waals surface area contributed by atoms with Gasteiger partial charge in [-0.25, -0.2) is 9.59 Å². The van der Waals surface area contributed by atoms with Gasteiger partial charge in [-0.15, -0.1) is 0 Å². The third-order valence-corrected chi connectivity index (χ3v) is 5.42. The van der Waals surface area contributed by atoms with Crippen molar-refractivity contribution in [1.82, 2.24) is 19.6 Å². The minimum absolute atomic E-state index is 0.0812. The lowest BCUT2D eigenvalue weighted by Crippen LogP contribution is -2.63. The molecule has 2 aliphatic rings. The van der Waals surface area contributed by atoms with Crippen molar-refractivity contribution in [3.8, 4) is 0 Å². The minimum Gasteiger partial charge on any atom is -0.444 e. The van der Waals surface area contributed by atoms with Crippen LogP contribution in [-0.4, -0.2) is 76.4 Å². The first-order chi connectivity index (χ1) is 13.0. The van der Waals surface area contributed by atoms with E-state index in [0.717, 1.165) is 12.8 Å². The number of aromatic nitrogens is 2. The Kier molecular flexibility index (Phi) is 5.12. The van der Waals surface area contributed by atoms with E-state index >= 15 is 0 Å². The highest BCUT2D eigenvalue weighted by atomic mass is 16.6. The number of hydrogen-bond donors (Lipinski definition) is 0. The number of anilines is 1. The van der Waals surface area contributed by atoms with Crippen LogP contribution in [0.3, 0.4) is 0 Å². The maximum absolute atomic E-state index is 12.7. The quantitative estimate of drug-likeness (QED) is 0.732. The van der Waals surface area contributed by atoms with Crippen molar-refractivity contribution in [3.63, 3.8) is 0 Å². The number of piperidine rings is 1. The Balaban J connectivity index is 1.52. The van der Waals surface area contributed by atoms with Gasteiger partial charge in [0.25, 0.3) is 0 Å². The van der Waals surface area contributed by atoms with Gasteiger partial charge in [-0.2, -0.15) is 9.78 Å². The van der Waals surface area contributed by atoms with Gasteiger partial charge in [0.1, 0.15) is 5.60 Å². The molecule has 0 radical (unpaired) electrons. The van der Waals surface area contributed by atoms with Crippen molar-refractivity contribution in [1.29, 1.82) is 0 Å². The van der Waals surface area contributed by atoms with Gasteiger partial charge >= 0.3 is 12.1 Å². The fraction of sp³-hybridized carbons (Fsp3) is 0.684. The van der Waals surface area contributed by atoms with E-state index in [2.05, 4.69) is 5.10 Å². The summed E-state index contributed by atoms with van der Waals surface area (Å²) < 4.78 is 6.69. The van der Waals surface area contributed by atoms with Crippen LogP contribution in [0.4, 0.5) is 15.3 Å². The number of hydrogen-bond acceptors (Lipinski definition) is 5. The van der Waals surface area contributed by atoms with Crippen LogP contribution in [0, 0.1) is 5.41 Å². The highest BCUT2D eigenvalue weighted by molar-refractivity contribution is 5.91. The molecule has 2 fully saturated rings. The van der Waals surface area contributed by atoms with Crippen molar-refractivity contribution in [2.24, 2.45) is 5.41 Å². The molecule has 9 nitrogen and oxygen atoms in total. The minimum atomic E-state index is -0.491. The van der Waals surface area contributed by atoms with Crippen LogP contribution in [0.1, 0.15) is 40.5 Å². The van der Waals surface area contributed by atoms with Gasteiger partial charge in [0.15, 0.2) is 0 Å². The molecule has 0 bridgehead atoms. The Morgan fingerprint density at radius 2 is 1.75 bits per heavy atom. The molecule has 28 heavy (non-hydrogen) atoms. The van der Waals surface area contributed by atoms with Crippen LogP contribution in [0.25, 0.3) is 0 Å². The summed E-state index contributed by atoms with van der Waals surface area (Å²) in [5, 5.41) is 4.10. The number of nitrogens with zero attached hydrogens (tertiary/aromatic N) is 5. The Labute approximate surface area is 165 Å². The second-order valence-corrected chi connectivity index (χ2v) is 8.83.